The van der Waals surface area contributed by atoms with Gasteiger partial charge in [0.05, 0.1) is 16.3 Å². The maximum absolute atomic E-state index is 12.2. The fourth-order valence-corrected chi connectivity index (χ4v) is 2.02. The fraction of sp³-hybridized carbons (Fsp3) is 0.0769. The second-order valence-electron chi connectivity index (χ2n) is 4.01. The molecule has 0 radical (unpaired) electrons. The Kier molecular flexibility index (Phi) is 3.93. The number of pyridine rings is 1. The number of aromatic nitrogens is 1. The van der Waals surface area contributed by atoms with Gasteiger partial charge in [-0.15, -0.1) is 0 Å². The average Bonchev–Trinajstić information content (AvgIpc) is 2.33. The molecule has 0 bridgehead atoms. The first kappa shape index (κ1) is 13.6. The average molecular weight is 296 g/mol. The third kappa shape index (κ3) is 2.97. The molecule has 1 aromatic carbocycles. The second-order valence-corrected chi connectivity index (χ2v) is 4.77. The van der Waals surface area contributed by atoms with Crippen LogP contribution in [0.3, 0.4) is 0 Å². The van der Waals surface area contributed by atoms with Gasteiger partial charge < -0.3 is 11.1 Å². The van der Waals surface area contributed by atoms with Crippen molar-refractivity contribution in [2.45, 2.75) is 6.92 Å². The lowest BCUT2D eigenvalue weighted by atomic mass is 10.1. The van der Waals surface area contributed by atoms with Crippen LogP contribution in [0, 0.1) is 6.92 Å². The van der Waals surface area contributed by atoms with E-state index < -0.39 is 5.91 Å². The van der Waals surface area contributed by atoms with Crippen LogP contribution in [-0.2, 0) is 0 Å². The number of amides is 1. The smallest absolute Gasteiger partial charge is 0.259 e. The number of benzene rings is 1. The van der Waals surface area contributed by atoms with Crippen molar-refractivity contribution < 1.29 is 4.79 Å². The maximum atomic E-state index is 12.2. The van der Waals surface area contributed by atoms with Gasteiger partial charge in [0.25, 0.3) is 5.91 Å². The Morgan fingerprint density at radius 1 is 1.37 bits per heavy atom. The lowest BCUT2D eigenvalue weighted by Gasteiger charge is -2.10. The molecule has 0 spiro atoms. The molecule has 98 valence electrons. The quantitative estimate of drug-likeness (QED) is 0.658. The lowest BCUT2D eigenvalue weighted by molar-refractivity contribution is 0.102. The number of halogens is 2. The number of rotatable bonds is 2. The van der Waals surface area contributed by atoms with Crippen LogP contribution in [0.4, 0.5) is 11.4 Å². The lowest BCUT2D eigenvalue weighted by Crippen LogP contribution is -2.15. The van der Waals surface area contributed by atoms with Crippen molar-refractivity contribution in [3.63, 3.8) is 0 Å². The predicted molar refractivity (Wildman–Crippen MR) is 77.8 cm³/mol. The molecule has 0 aliphatic heterocycles. The Morgan fingerprint density at radius 3 is 2.79 bits per heavy atom. The van der Waals surface area contributed by atoms with E-state index in [1.54, 1.807) is 30.5 Å². The van der Waals surface area contributed by atoms with Crippen LogP contribution >= 0.6 is 23.2 Å². The van der Waals surface area contributed by atoms with Crippen molar-refractivity contribution in [3.05, 3.63) is 51.8 Å². The monoisotopic (exact) mass is 295 g/mol. The Balaban J connectivity index is 2.34. The van der Waals surface area contributed by atoms with Gasteiger partial charge in [-0.2, -0.15) is 0 Å². The molecule has 0 saturated carbocycles. The van der Waals surface area contributed by atoms with Crippen LogP contribution in [0.1, 0.15) is 15.9 Å². The molecule has 6 heteroatoms. The molecule has 2 rings (SSSR count). The van der Waals surface area contributed by atoms with E-state index in [2.05, 4.69) is 10.3 Å². The minimum absolute atomic E-state index is 0.213. The number of nitrogens with one attached hydrogen (secondary N) is 1. The summed E-state index contributed by atoms with van der Waals surface area (Å²) in [5, 5.41) is 3.15. The van der Waals surface area contributed by atoms with E-state index in [1.165, 1.54) is 0 Å². The van der Waals surface area contributed by atoms with Crippen molar-refractivity contribution >= 4 is 40.5 Å². The summed E-state index contributed by atoms with van der Waals surface area (Å²) in [6, 6.07) is 6.61. The van der Waals surface area contributed by atoms with Crippen molar-refractivity contribution in [1.29, 1.82) is 0 Å². The zero-order valence-electron chi connectivity index (χ0n) is 10.1. The van der Waals surface area contributed by atoms with Crippen molar-refractivity contribution in [2.24, 2.45) is 0 Å². The fourth-order valence-electron chi connectivity index (χ4n) is 1.61. The minimum Gasteiger partial charge on any atom is -0.398 e. The largest absolute Gasteiger partial charge is 0.398 e. The van der Waals surface area contributed by atoms with Gasteiger partial charge in [0.2, 0.25) is 0 Å². The van der Waals surface area contributed by atoms with E-state index >= 15 is 0 Å². The number of nitrogens with zero attached hydrogens (tertiary/aromatic N) is 1. The van der Waals surface area contributed by atoms with Gasteiger partial charge in [-0.25, -0.2) is 4.98 Å². The maximum Gasteiger partial charge on any atom is 0.259 e. The highest BCUT2D eigenvalue weighted by Gasteiger charge is 2.15. The number of nitrogen functional groups attached to an aromatic ring is 1. The van der Waals surface area contributed by atoms with E-state index in [1.807, 2.05) is 6.92 Å². The molecule has 4 nitrogen and oxygen atoms in total. The van der Waals surface area contributed by atoms with Gasteiger partial charge in [-0.1, -0.05) is 29.3 Å². The number of anilines is 2. The van der Waals surface area contributed by atoms with Gasteiger partial charge in [0, 0.05) is 11.9 Å². The minimum atomic E-state index is -0.419. The molecule has 3 N–H and O–H groups in total. The van der Waals surface area contributed by atoms with Crippen LogP contribution in [0.15, 0.2) is 30.5 Å². The first-order valence-corrected chi connectivity index (χ1v) is 6.22. The Hall–Kier alpha value is -1.78. The highest BCUT2D eigenvalue weighted by Crippen LogP contribution is 2.25. The molecule has 0 aliphatic rings. The van der Waals surface area contributed by atoms with Crippen LogP contribution in [0.25, 0.3) is 0 Å². The number of carbonyl (C=O) groups is 1. The molecule has 0 aliphatic carbocycles. The van der Waals surface area contributed by atoms with E-state index in [9.17, 15) is 4.79 Å². The third-order valence-corrected chi connectivity index (χ3v) is 3.11. The molecule has 0 saturated heterocycles. The molecule has 0 fully saturated rings. The molecule has 0 atom stereocenters. The van der Waals surface area contributed by atoms with Crippen molar-refractivity contribution in [1.82, 2.24) is 4.98 Å². The topological polar surface area (TPSA) is 68.0 Å². The predicted octanol–water partition coefficient (Wildman–Crippen LogP) is 3.53. The van der Waals surface area contributed by atoms with Crippen molar-refractivity contribution in [3.8, 4) is 0 Å². The zero-order chi connectivity index (χ0) is 14.0. The Labute approximate surface area is 120 Å². The number of carbonyl (C=O) groups excluding carboxylic acids is 1. The van der Waals surface area contributed by atoms with Gasteiger partial charge >= 0.3 is 0 Å². The number of hydrogen-bond acceptors (Lipinski definition) is 3. The first-order valence-electron chi connectivity index (χ1n) is 5.46. The summed E-state index contributed by atoms with van der Waals surface area (Å²) >= 11 is 11.9. The normalized spacial score (nSPS) is 10.3. The summed E-state index contributed by atoms with van der Waals surface area (Å²) in [4.78, 5) is 16.1. The SMILES string of the molecule is Cc1cnc(Cl)c(NC(=O)c2c(N)cccc2Cl)c1. The number of nitrogens with two attached hydrogens (primary N) is 1. The number of aryl methyl sites for hydroxylation is 1. The highest BCUT2D eigenvalue weighted by molar-refractivity contribution is 6.36. The summed E-state index contributed by atoms with van der Waals surface area (Å²) in [5.74, 6) is -0.419. The van der Waals surface area contributed by atoms with Crippen LogP contribution in [0.5, 0.6) is 0 Å². The van der Waals surface area contributed by atoms with Gasteiger partial charge in [-0.3, -0.25) is 4.79 Å². The standard InChI is InChI=1S/C13H11Cl2N3O/c1-7-5-10(12(15)17-6-7)18-13(19)11-8(14)3-2-4-9(11)16/h2-6H,16H2,1H3,(H,18,19). The highest BCUT2D eigenvalue weighted by atomic mass is 35.5. The summed E-state index contributed by atoms with van der Waals surface area (Å²) in [6.07, 6.45) is 1.61. The third-order valence-electron chi connectivity index (χ3n) is 2.50. The Bertz CT molecular complexity index is 624. The summed E-state index contributed by atoms with van der Waals surface area (Å²) in [6.45, 7) is 1.85. The molecule has 2 aromatic rings. The molecule has 0 unspecified atom stereocenters. The second kappa shape index (κ2) is 5.47. The molecule has 1 amide bonds. The molecule has 1 aromatic heterocycles. The van der Waals surface area contributed by atoms with Gasteiger partial charge in [-0.05, 0) is 30.7 Å². The van der Waals surface area contributed by atoms with Gasteiger partial charge in [0.15, 0.2) is 5.15 Å². The zero-order valence-corrected chi connectivity index (χ0v) is 11.6. The first-order chi connectivity index (χ1) is 8.99. The summed E-state index contributed by atoms with van der Waals surface area (Å²) in [7, 11) is 0. The van der Waals surface area contributed by atoms with E-state index in [-0.39, 0.29) is 15.7 Å². The van der Waals surface area contributed by atoms with Crippen molar-refractivity contribution in [2.75, 3.05) is 11.1 Å². The van der Waals surface area contributed by atoms with E-state index in [0.29, 0.717) is 11.4 Å². The molecular formula is C13H11Cl2N3O. The Morgan fingerprint density at radius 2 is 2.11 bits per heavy atom. The number of hydrogen-bond donors (Lipinski definition) is 2. The summed E-state index contributed by atoms with van der Waals surface area (Å²) in [5.41, 5.74) is 7.58. The van der Waals surface area contributed by atoms with Gasteiger partial charge in [0.1, 0.15) is 0 Å². The van der Waals surface area contributed by atoms with E-state index in [4.69, 9.17) is 28.9 Å². The van der Waals surface area contributed by atoms with Crippen LogP contribution < -0.4 is 11.1 Å². The molecule has 19 heavy (non-hydrogen) atoms. The van der Waals surface area contributed by atoms with Crippen LogP contribution in [0.2, 0.25) is 10.2 Å². The molecular weight excluding hydrogens is 285 g/mol. The van der Waals surface area contributed by atoms with Crippen LogP contribution in [-0.4, -0.2) is 10.9 Å². The molecule has 1 heterocycles. The summed E-state index contributed by atoms with van der Waals surface area (Å²) < 4.78 is 0. The van der Waals surface area contributed by atoms with E-state index in [0.717, 1.165) is 5.56 Å².